The minimum Gasteiger partial charge on any atom is -0.427 e. The first-order chi connectivity index (χ1) is 10.1. The SMILES string of the molecule is CC1=C(C(=O)OCOC(=O)C(C)(C)C)N2C(=O)[C@@H](N)[C@H]2SC1.Cl. The summed E-state index contributed by atoms with van der Waals surface area (Å²) in [4.78, 5) is 37.0. The van der Waals surface area contributed by atoms with E-state index in [9.17, 15) is 14.4 Å². The van der Waals surface area contributed by atoms with Gasteiger partial charge in [0.25, 0.3) is 0 Å². The van der Waals surface area contributed by atoms with Gasteiger partial charge in [0.1, 0.15) is 17.1 Å². The maximum Gasteiger partial charge on any atom is 0.357 e. The van der Waals surface area contributed by atoms with Crippen molar-refractivity contribution in [1.29, 1.82) is 0 Å². The van der Waals surface area contributed by atoms with Crippen LogP contribution in [0, 0.1) is 5.41 Å². The van der Waals surface area contributed by atoms with Crippen molar-refractivity contribution in [3.63, 3.8) is 0 Å². The first-order valence-corrected chi connectivity index (χ1v) is 7.94. The quantitative estimate of drug-likeness (QED) is 0.453. The summed E-state index contributed by atoms with van der Waals surface area (Å²) in [7, 11) is 0. The second kappa shape index (κ2) is 7.11. The zero-order chi connectivity index (χ0) is 16.7. The third-order valence-electron chi connectivity index (χ3n) is 3.39. The van der Waals surface area contributed by atoms with E-state index in [2.05, 4.69) is 0 Å². The number of ether oxygens (including phenoxy) is 2. The molecule has 2 atom stereocenters. The highest BCUT2D eigenvalue weighted by molar-refractivity contribution is 8.00. The molecule has 2 N–H and O–H groups in total. The number of hydrogen-bond acceptors (Lipinski definition) is 7. The van der Waals surface area contributed by atoms with Crippen LogP contribution in [0.5, 0.6) is 0 Å². The maximum atomic E-state index is 12.2. The molecule has 2 heterocycles. The molecule has 1 saturated heterocycles. The highest BCUT2D eigenvalue weighted by Gasteiger charge is 2.51. The molecule has 1 amide bonds. The molecule has 0 aromatic rings. The fourth-order valence-electron chi connectivity index (χ4n) is 2.08. The predicted molar refractivity (Wildman–Crippen MR) is 87.5 cm³/mol. The highest BCUT2D eigenvalue weighted by atomic mass is 35.5. The largest absolute Gasteiger partial charge is 0.427 e. The normalized spacial score (nSPS) is 23.5. The van der Waals surface area contributed by atoms with Crippen LogP contribution in [0.1, 0.15) is 27.7 Å². The summed E-state index contributed by atoms with van der Waals surface area (Å²) in [6.45, 7) is 6.39. The Labute approximate surface area is 145 Å². The van der Waals surface area contributed by atoms with Crippen molar-refractivity contribution in [2.24, 2.45) is 11.1 Å². The van der Waals surface area contributed by atoms with E-state index in [-0.39, 0.29) is 29.4 Å². The van der Waals surface area contributed by atoms with E-state index in [1.54, 1.807) is 27.7 Å². The van der Waals surface area contributed by atoms with Gasteiger partial charge in [-0.2, -0.15) is 0 Å². The summed E-state index contributed by atoms with van der Waals surface area (Å²) in [5.74, 6) is -0.834. The minimum absolute atomic E-state index is 0. The number of nitrogens with zero attached hydrogens (tertiary/aromatic N) is 1. The van der Waals surface area contributed by atoms with Crippen LogP contribution in [-0.2, 0) is 23.9 Å². The van der Waals surface area contributed by atoms with Gasteiger partial charge in [-0.05, 0) is 33.3 Å². The Morgan fingerprint density at radius 3 is 2.52 bits per heavy atom. The zero-order valence-electron chi connectivity index (χ0n) is 13.5. The summed E-state index contributed by atoms with van der Waals surface area (Å²) in [6.07, 6.45) is 0. The third kappa shape index (κ3) is 3.81. The van der Waals surface area contributed by atoms with E-state index in [4.69, 9.17) is 15.2 Å². The van der Waals surface area contributed by atoms with E-state index in [0.29, 0.717) is 5.75 Å². The average Bonchev–Trinajstić information content (AvgIpc) is 2.44. The minimum atomic E-state index is -0.676. The summed E-state index contributed by atoms with van der Waals surface area (Å²) in [5.41, 5.74) is 6.00. The molecule has 0 spiro atoms. The van der Waals surface area contributed by atoms with E-state index < -0.39 is 30.2 Å². The molecule has 130 valence electrons. The van der Waals surface area contributed by atoms with Crippen LogP contribution < -0.4 is 5.73 Å². The van der Waals surface area contributed by atoms with Gasteiger partial charge in [0.2, 0.25) is 12.7 Å². The third-order valence-corrected chi connectivity index (χ3v) is 4.83. The highest BCUT2D eigenvalue weighted by Crippen LogP contribution is 2.39. The summed E-state index contributed by atoms with van der Waals surface area (Å²) in [5, 5.41) is -0.226. The molecule has 0 aromatic carbocycles. The number of carbonyl (C=O) groups excluding carboxylic acids is 3. The number of esters is 2. The molecular formula is C14H21ClN2O5S. The molecule has 0 bridgehead atoms. The fourth-order valence-corrected chi connectivity index (χ4v) is 3.32. The Morgan fingerprint density at radius 2 is 1.96 bits per heavy atom. The second-order valence-electron chi connectivity index (χ2n) is 6.30. The van der Waals surface area contributed by atoms with E-state index in [1.807, 2.05) is 0 Å². The Bertz CT molecular complexity index is 558. The Balaban J connectivity index is 0.00000264. The molecule has 2 aliphatic rings. The van der Waals surface area contributed by atoms with Crippen molar-refractivity contribution >= 4 is 42.0 Å². The number of hydrogen-bond donors (Lipinski definition) is 1. The number of halogens is 1. The molecular weight excluding hydrogens is 344 g/mol. The van der Waals surface area contributed by atoms with Gasteiger partial charge in [-0.3, -0.25) is 14.5 Å². The number of fused-ring (bicyclic) bond motifs is 1. The number of carbonyl (C=O) groups is 3. The topological polar surface area (TPSA) is 98.9 Å². The fraction of sp³-hybridized carbons (Fsp3) is 0.643. The molecule has 1 fully saturated rings. The molecule has 2 aliphatic heterocycles. The van der Waals surface area contributed by atoms with Gasteiger partial charge in [-0.1, -0.05) is 0 Å². The van der Waals surface area contributed by atoms with Crippen molar-refractivity contribution in [3.05, 3.63) is 11.3 Å². The maximum absolute atomic E-state index is 12.2. The van der Waals surface area contributed by atoms with Crippen molar-refractivity contribution in [2.75, 3.05) is 12.5 Å². The first kappa shape index (κ1) is 19.8. The number of thioether (sulfide) groups is 1. The Hall–Kier alpha value is -1.25. The number of β-lactam (4-membered cyclic amide) rings is 1. The van der Waals surface area contributed by atoms with Crippen LogP contribution in [-0.4, -0.2) is 46.7 Å². The lowest BCUT2D eigenvalue weighted by atomic mass is 9.98. The van der Waals surface area contributed by atoms with Gasteiger partial charge in [0.05, 0.1) is 5.41 Å². The molecule has 2 rings (SSSR count). The van der Waals surface area contributed by atoms with Crippen LogP contribution in [0.25, 0.3) is 0 Å². The molecule has 9 heteroatoms. The predicted octanol–water partition coefficient (Wildman–Crippen LogP) is 1.01. The second-order valence-corrected chi connectivity index (χ2v) is 7.40. The van der Waals surface area contributed by atoms with Crippen molar-refractivity contribution in [1.82, 2.24) is 4.90 Å². The van der Waals surface area contributed by atoms with Gasteiger partial charge in [0, 0.05) is 5.75 Å². The molecule has 0 aliphatic carbocycles. The lowest BCUT2D eigenvalue weighted by molar-refractivity contribution is -0.173. The standard InChI is InChI=1S/C14H20N2O5S.ClH/c1-7-5-22-11-8(15)10(17)16(11)9(7)12(18)20-6-21-13(19)14(2,3)4;/h8,11H,5-6,15H2,1-4H3;1H/t8-,11-;/m1./s1. The average molecular weight is 365 g/mol. The molecule has 0 aromatic heterocycles. The van der Waals surface area contributed by atoms with Gasteiger partial charge >= 0.3 is 11.9 Å². The smallest absolute Gasteiger partial charge is 0.357 e. The van der Waals surface area contributed by atoms with Crippen LogP contribution in [0.4, 0.5) is 0 Å². The van der Waals surface area contributed by atoms with Crippen LogP contribution in [0.15, 0.2) is 11.3 Å². The van der Waals surface area contributed by atoms with Gasteiger partial charge in [0.15, 0.2) is 0 Å². The number of nitrogens with two attached hydrogens (primary N) is 1. The van der Waals surface area contributed by atoms with Crippen molar-refractivity contribution < 1.29 is 23.9 Å². The van der Waals surface area contributed by atoms with Gasteiger partial charge in [-0.15, -0.1) is 24.2 Å². The summed E-state index contributed by atoms with van der Waals surface area (Å²) < 4.78 is 9.86. The lowest BCUT2D eigenvalue weighted by Crippen LogP contribution is -2.68. The van der Waals surface area contributed by atoms with E-state index in [1.165, 1.54) is 16.7 Å². The summed E-state index contributed by atoms with van der Waals surface area (Å²) in [6, 6.07) is -0.584. The Kier molecular flexibility index (Phi) is 6.12. The Morgan fingerprint density at radius 1 is 1.35 bits per heavy atom. The summed E-state index contributed by atoms with van der Waals surface area (Å²) >= 11 is 1.52. The molecule has 0 radical (unpaired) electrons. The lowest BCUT2D eigenvalue weighted by Gasteiger charge is -2.47. The van der Waals surface area contributed by atoms with Crippen LogP contribution in [0.3, 0.4) is 0 Å². The van der Waals surface area contributed by atoms with E-state index >= 15 is 0 Å². The number of rotatable bonds is 3. The molecule has 23 heavy (non-hydrogen) atoms. The van der Waals surface area contributed by atoms with E-state index in [0.717, 1.165) is 5.57 Å². The first-order valence-electron chi connectivity index (χ1n) is 6.89. The zero-order valence-corrected chi connectivity index (χ0v) is 15.1. The molecule has 0 saturated carbocycles. The van der Waals surface area contributed by atoms with Crippen molar-refractivity contribution in [3.8, 4) is 0 Å². The number of amides is 1. The van der Waals surface area contributed by atoms with Crippen molar-refractivity contribution in [2.45, 2.75) is 39.1 Å². The van der Waals surface area contributed by atoms with Crippen LogP contribution in [0.2, 0.25) is 0 Å². The molecule has 7 nitrogen and oxygen atoms in total. The monoisotopic (exact) mass is 364 g/mol. The molecule has 0 unspecified atom stereocenters. The van der Waals surface area contributed by atoms with Gasteiger partial charge < -0.3 is 15.2 Å². The van der Waals surface area contributed by atoms with Crippen LogP contribution >= 0.6 is 24.2 Å². The van der Waals surface area contributed by atoms with Gasteiger partial charge in [-0.25, -0.2) is 4.79 Å².